The van der Waals surface area contributed by atoms with Crippen LogP contribution in [0.25, 0.3) is 0 Å². The van der Waals surface area contributed by atoms with Crippen LogP contribution in [0.5, 0.6) is 5.75 Å². The molecule has 0 spiro atoms. The predicted molar refractivity (Wildman–Crippen MR) is 125 cm³/mol. The molecule has 0 saturated heterocycles. The molecule has 10 heteroatoms. The lowest BCUT2D eigenvalue weighted by Crippen LogP contribution is -2.64. The molecule has 1 atom stereocenters. The largest absolute Gasteiger partial charge is 0.497 e. The van der Waals surface area contributed by atoms with Gasteiger partial charge in [0, 0.05) is 18.3 Å². The van der Waals surface area contributed by atoms with E-state index < -0.39 is 23.3 Å². The Morgan fingerprint density at radius 1 is 1.14 bits per heavy atom. The highest BCUT2D eigenvalue weighted by Crippen LogP contribution is 2.34. The number of aromatic nitrogens is 2. The van der Waals surface area contributed by atoms with E-state index in [4.69, 9.17) is 9.47 Å². The highest BCUT2D eigenvalue weighted by atomic mass is 19.1. The van der Waals surface area contributed by atoms with Crippen LogP contribution in [0.15, 0.2) is 54.6 Å². The van der Waals surface area contributed by atoms with Gasteiger partial charge in [-0.2, -0.15) is 5.10 Å². The summed E-state index contributed by atoms with van der Waals surface area (Å²) in [7, 11) is 1.53. The summed E-state index contributed by atoms with van der Waals surface area (Å²) in [6.45, 7) is 3.60. The van der Waals surface area contributed by atoms with Crippen molar-refractivity contribution in [2.75, 3.05) is 18.6 Å². The van der Waals surface area contributed by atoms with Crippen LogP contribution in [-0.2, 0) is 22.6 Å². The minimum absolute atomic E-state index is 0.00520. The summed E-state index contributed by atoms with van der Waals surface area (Å²) in [6, 6.07) is 13.9. The molecule has 0 radical (unpaired) electrons. The number of halogens is 1. The summed E-state index contributed by atoms with van der Waals surface area (Å²) in [5.74, 6) is -1.37. The number of carbonyl (C=O) groups excluding carboxylic acids is 3. The minimum Gasteiger partial charge on any atom is -0.497 e. The van der Waals surface area contributed by atoms with Crippen molar-refractivity contribution in [1.82, 2.24) is 15.1 Å². The Kier molecular flexibility index (Phi) is 6.54. The van der Waals surface area contributed by atoms with E-state index in [0.29, 0.717) is 17.0 Å². The number of esters is 1. The Hall–Kier alpha value is -4.21. The number of anilines is 1. The molecule has 1 aliphatic heterocycles. The van der Waals surface area contributed by atoms with Gasteiger partial charge in [-0.3, -0.25) is 19.2 Å². The van der Waals surface area contributed by atoms with E-state index in [0.717, 1.165) is 0 Å². The van der Waals surface area contributed by atoms with Crippen molar-refractivity contribution in [1.29, 1.82) is 0 Å². The maximum atomic E-state index is 13.7. The van der Waals surface area contributed by atoms with Gasteiger partial charge in [0.1, 0.15) is 22.8 Å². The van der Waals surface area contributed by atoms with Gasteiger partial charge in [-0.15, -0.1) is 0 Å². The van der Waals surface area contributed by atoms with Crippen LogP contribution in [0.2, 0.25) is 0 Å². The van der Waals surface area contributed by atoms with Crippen molar-refractivity contribution in [2.45, 2.75) is 32.5 Å². The van der Waals surface area contributed by atoms with Gasteiger partial charge in [0.15, 0.2) is 5.69 Å². The minimum atomic E-state index is -1.39. The van der Waals surface area contributed by atoms with Crippen molar-refractivity contribution in [3.63, 3.8) is 0 Å². The fraction of sp³-hybridized carbons (Fsp3) is 0.280. The molecule has 0 aliphatic carbocycles. The van der Waals surface area contributed by atoms with Gasteiger partial charge in [0.25, 0.3) is 5.91 Å². The van der Waals surface area contributed by atoms with Crippen molar-refractivity contribution in [3.05, 3.63) is 77.4 Å². The van der Waals surface area contributed by atoms with Gasteiger partial charge >= 0.3 is 5.97 Å². The number of nitrogens with one attached hydrogen (secondary N) is 1. The van der Waals surface area contributed by atoms with Crippen LogP contribution in [0.4, 0.5) is 10.1 Å². The van der Waals surface area contributed by atoms with E-state index in [1.165, 1.54) is 34.9 Å². The molecule has 2 amide bonds. The molecule has 4 rings (SSSR count). The van der Waals surface area contributed by atoms with Crippen molar-refractivity contribution in [2.24, 2.45) is 0 Å². The molecule has 9 nitrogen and oxygen atoms in total. The number of hydrogen-bond donors (Lipinski definition) is 1. The molecule has 2 aromatic carbocycles. The number of nitrogens with zero attached hydrogens (tertiary/aromatic N) is 3. The van der Waals surface area contributed by atoms with Crippen LogP contribution in [-0.4, -0.2) is 46.8 Å². The van der Waals surface area contributed by atoms with Gasteiger partial charge in [-0.25, -0.2) is 9.18 Å². The number of amides is 2. The summed E-state index contributed by atoms with van der Waals surface area (Å²) in [4.78, 5) is 40.8. The third-order valence-corrected chi connectivity index (χ3v) is 5.82. The zero-order valence-electron chi connectivity index (χ0n) is 19.6. The SMILES string of the molecule is CCOC(=O)c1cc2n(n1)C[C@](C)(C(=O)NCc1ccc(F)cc1)N(c1ccc(OC)cc1)C2=O. The topological polar surface area (TPSA) is 103 Å². The summed E-state index contributed by atoms with van der Waals surface area (Å²) < 4.78 is 24.8. The average Bonchev–Trinajstić information content (AvgIpc) is 3.28. The first-order chi connectivity index (χ1) is 16.8. The highest BCUT2D eigenvalue weighted by Gasteiger charge is 2.49. The summed E-state index contributed by atoms with van der Waals surface area (Å²) in [5.41, 5.74) is -0.0730. The van der Waals surface area contributed by atoms with Crippen molar-refractivity contribution in [3.8, 4) is 5.75 Å². The van der Waals surface area contributed by atoms with Crippen LogP contribution in [0.1, 0.15) is 40.4 Å². The molecule has 1 aromatic heterocycles. The molecule has 35 heavy (non-hydrogen) atoms. The third kappa shape index (κ3) is 4.59. The Labute approximate surface area is 201 Å². The Balaban J connectivity index is 1.71. The molecule has 0 saturated carbocycles. The lowest BCUT2D eigenvalue weighted by Gasteiger charge is -2.43. The summed E-state index contributed by atoms with van der Waals surface area (Å²) in [5, 5.41) is 7.07. The number of ether oxygens (including phenoxy) is 2. The molecule has 1 aliphatic rings. The monoisotopic (exact) mass is 480 g/mol. The zero-order chi connectivity index (χ0) is 25.2. The van der Waals surface area contributed by atoms with Crippen LogP contribution >= 0.6 is 0 Å². The normalized spacial score (nSPS) is 17.0. The van der Waals surface area contributed by atoms with Crippen LogP contribution in [0, 0.1) is 5.82 Å². The Morgan fingerprint density at radius 2 is 1.83 bits per heavy atom. The van der Waals surface area contributed by atoms with Gasteiger partial charge in [-0.1, -0.05) is 12.1 Å². The molecule has 0 bridgehead atoms. The van der Waals surface area contributed by atoms with E-state index in [2.05, 4.69) is 10.4 Å². The number of fused-ring (bicyclic) bond motifs is 1. The van der Waals surface area contributed by atoms with E-state index in [1.54, 1.807) is 50.2 Å². The van der Waals surface area contributed by atoms with Gasteiger partial charge in [0.2, 0.25) is 5.91 Å². The number of benzene rings is 2. The summed E-state index contributed by atoms with van der Waals surface area (Å²) in [6.07, 6.45) is 0. The third-order valence-electron chi connectivity index (χ3n) is 5.82. The molecular formula is C25H25FN4O5. The Morgan fingerprint density at radius 3 is 2.46 bits per heavy atom. The standard InChI is InChI=1S/C25H25FN4O5/c1-4-35-23(32)20-13-21-22(31)30(18-9-11-19(34-3)12-10-18)25(2,15-29(21)28-20)24(33)27-14-16-5-7-17(26)8-6-16/h5-13H,4,14-15H2,1-3H3,(H,27,33)/t25-/m1/s1. The first-order valence-corrected chi connectivity index (χ1v) is 11.0. The first kappa shape index (κ1) is 23.9. The predicted octanol–water partition coefficient (Wildman–Crippen LogP) is 2.94. The van der Waals surface area contributed by atoms with E-state index >= 15 is 0 Å². The van der Waals surface area contributed by atoms with Crippen LogP contribution < -0.4 is 15.0 Å². The fourth-order valence-corrected chi connectivity index (χ4v) is 4.00. The second-order valence-corrected chi connectivity index (χ2v) is 8.21. The maximum Gasteiger partial charge on any atom is 0.358 e. The van der Waals surface area contributed by atoms with Gasteiger partial charge in [-0.05, 0) is 55.8 Å². The smallest absolute Gasteiger partial charge is 0.358 e. The zero-order valence-corrected chi connectivity index (χ0v) is 19.6. The molecule has 1 N–H and O–H groups in total. The number of hydrogen-bond acceptors (Lipinski definition) is 6. The highest BCUT2D eigenvalue weighted by molar-refractivity contribution is 6.12. The lowest BCUT2D eigenvalue weighted by molar-refractivity contribution is -0.126. The average molecular weight is 480 g/mol. The van der Waals surface area contributed by atoms with E-state index in [1.807, 2.05) is 0 Å². The molecule has 0 unspecified atom stereocenters. The van der Waals surface area contributed by atoms with Crippen molar-refractivity contribution >= 4 is 23.5 Å². The Bertz CT molecular complexity index is 1260. The number of methoxy groups -OCH3 is 1. The van der Waals surface area contributed by atoms with E-state index in [9.17, 15) is 18.8 Å². The second kappa shape index (κ2) is 9.57. The quantitative estimate of drug-likeness (QED) is 0.522. The van der Waals surface area contributed by atoms with Crippen LogP contribution in [0.3, 0.4) is 0 Å². The van der Waals surface area contributed by atoms with Gasteiger partial charge < -0.3 is 14.8 Å². The summed E-state index contributed by atoms with van der Waals surface area (Å²) >= 11 is 0. The van der Waals surface area contributed by atoms with Crippen molar-refractivity contribution < 1.29 is 28.2 Å². The van der Waals surface area contributed by atoms with E-state index in [-0.39, 0.29) is 36.9 Å². The molecular weight excluding hydrogens is 455 g/mol. The fourth-order valence-electron chi connectivity index (χ4n) is 4.00. The number of carbonyl (C=O) groups is 3. The molecule has 2 heterocycles. The number of rotatable bonds is 7. The maximum absolute atomic E-state index is 13.7. The molecule has 3 aromatic rings. The molecule has 182 valence electrons. The van der Waals surface area contributed by atoms with Gasteiger partial charge in [0.05, 0.1) is 20.3 Å². The molecule has 0 fully saturated rings. The second-order valence-electron chi connectivity index (χ2n) is 8.21. The lowest BCUT2D eigenvalue weighted by atomic mass is 9.93. The first-order valence-electron chi connectivity index (χ1n) is 11.0.